The summed E-state index contributed by atoms with van der Waals surface area (Å²) in [6.45, 7) is 3.08. The number of aliphatic carboxylic acids is 1. The van der Waals surface area contributed by atoms with Gasteiger partial charge in [-0.25, -0.2) is 4.79 Å². The topological polar surface area (TPSA) is 87.7 Å². The summed E-state index contributed by atoms with van der Waals surface area (Å²) in [5.74, 6) is -0.632. The van der Waals surface area contributed by atoms with Crippen LogP contribution in [0.2, 0.25) is 0 Å². The van der Waals surface area contributed by atoms with Crippen molar-refractivity contribution in [1.29, 1.82) is 0 Å². The van der Waals surface area contributed by atoms with Gasteiger partial charge in [0.1, 0.15) is 0 Å². The Morgan fingerprint density at radius 3 is 2.50 bits per heavy atom. The number of methoxy groups -OCH3 is 1. The largest absolute Gasteiger partial charge is 0.481 e. The molecule has 1 rings (SSSR count). The number of hydrogen-bond donors (Lipinski definition) is 3. The van der Waals surface area contributed by atoms with Gasteiger partial charge in [-0.1, -0.05) is 26.2 Å². The van der Waals surface area contributed by atoms with Gasteiger partial charge in [-0.05, 0) is 18.8 Å². The summed E-state index contributed by atoms with van der Waals surface area (Å²) in [5.41, 5.74) is -0.585. The maximum atomic E-state index is 12.0. The summed E-state index contributed by atoms with van der Waals surface area (Å²) in [7, 11) is 1.63. The zero-order valence-corrected chi connectivity index (χ0v) is 12.4. The smallest absolute Gasteiger partial charge is 0.315 e. The van der Waals surface area contributed by atoms with Crippen LogP contribution < -0.4 is 10.6 Å². The van der Waals surface area contributed by atoms with Gasteiger partial charge in [0.15, 0.2) is 0 Å². The van der Waals surface area contributed by atoms with E-state index in [1.54, 1.807) is 7.11 Å². The molecule has 20 heavy (non-hydrogen) atoms. The third-order valence-corrected chi connectivity index (χ3v) is 3.74. The first-order valence-electron chi connectivity index (χ1n) is 7.24. The minimum absolute atomic E-state index is 0.00591. The van der Waals surface area contributed by atoms with Crippen molar-refractivity contribution in [3.63, 3.8) is 0 Å². The third-order valence-electron chi connectivity index (χ3n) is 3.74. The molecule has 3 N–H and O–H groups in total. The molecule has 0 aromatic heterocycles. The van der Waals surface area contributed by atoms with Gasteiger partial charge in [0.2, 0.25) is 0 Å². The van der Waals surface area contributed by atoms with Crippen molar-refractivity contribution in [3.8, 4) is 0 Å². The predicted molar refractivity (Wildman–Crippen MR) is 75.6 cm³/mol. The average Bonchev–Trinajstić information content (AvgIpc) is 2.36. The molecule has 0 saturated heterocycles. The summed E-state index contributed by atoms with van der Waals surface area (Å²) < 4.78 is 5.01. The van der Waals surface area contributed by atoms with Crippen molar-refractivity contribution in [1.82, 2.24) is 10.6 Å². The number of hydrogen-bond acceptors (Lipinski definition) is 3. The van der Waals surface area contributed by atoms with Gasteiger partial charge in [-0.15, -0.1) is 0 Å². The first-order valence-corrected chi connectivity index (χ1v) is 7.24. The van der Waals surface area contributed by atoms with Crippen molar-refractivity contribution < 1.29 is 19.4 Å². The van der Waals surface area contributed by atoms with E-state index in [1.807, 2.05) is 6.92 Å². The number of carbonyl (C=O) groups is 2. The molecular weight excluding hydrogens is 260 g/mol. The van der Waals surface area contributed by atoms with E-state index in [0.717, 1.165) is 32.1 Å². The van der Waals surface area contributed by atoms with Gasteiger partial charge < -0.3 is 20.5 Å². The SMILES string of the molecule is COCC(C)CNC(=O)NC1(CC(=O)O)CCCCC1. The highest BCUT2D eigenvalue weighted by atomic mass is 16.5. The number of urea groups is 1. The summed E-state index contributed by atoms with van der Waals surface area (Å²) in [6, 6.07) is -0.281. The number of ether oxygens (including phenoxy) is 1. The van der Waals surface area contributed by atoms with E-state index < -0.39 is 11.5 Å². The van der Waals surface area contributed by atoms with Crippen molar-refractivity contribution in [2.45, 2.75) is 51.0 Å². The van der Waals surface area contributed by atoms with E-state index in [2.05, 4.69) is 10.6 Å². The summed E-state index contributed by atoms with van der Waals surface area (Å²) in [4.78, 5) is 23.0. The van der Waals surface area contributed by atoms with Crippen LogP contribution in [0.1, 0.15) is 45.4 Å². The van der Waals surface area contributed by atoms with E-state index in [9.17, 15) is 9.59 Å². The fraction of sp³-hybridized carbons (Fsp3) is 0.857. The Balaban J connectivity index is 2.47. The zero-order valence-electron chi connectivity index (χ0n) is 12.4. The Labute approximate surface area is 120 Å². The fourth-order valence-corrected chi connectivity index (χ4v) is 2.76. The van der Waals surface area contributed by atoms with Crippen LogP contribution in [0.15, 0.2) is 0 Å². The van der Waals surface area contributed by atoms with Crippen LogP contribution >= 0.6 is 0 Å². The molecule has 1 fully saturated rings. The Bertz CT molecular complexity index is 327. The molecule has 0 spiro atoms. The third kappa shape index (κ3) is 5.77. The van der Waals surface area contributed by atoms with Crippen LogP contribution in [-0.4, -0.2) is 42.9 Å². The lowest BCUT2D eigenvalue weighted by molar-refractivity contribution is -0.139. The van der Waals surface area contributed by atoms with Crippen molar-refractivity contribution in [3.05, 3.63) is 0 Å². The van der Waals surface area contributed by atoms with Gasteiger partial charge in [-0.2, -0.15) is 0 Å². The molecule has 1 atom stereocenters. The maximum absolute atomic E-state index is 12.0. The number of carboxylic acids is 1. The van der Waals surface area contributed by atoms with Crippen LogP contribution in [0, 0.1) is 5.92 Å². The van der Waals surface area contributed by atoms with Crippen LogP contribution in [0.25, 0.3) is 0 Å². The molecule has 0 radical (unpaired) electrons. The Morgan fingerprint density at radius 1 is 1.30 bits per heavy atom. The molecule has 1 saturated carbocycles. The minimum atomic E-state index is -0.861. The van der Waals surface area contributed by atoms with Gasteiger partial charge in [0.25, 0.3) is 0 Å². The summed E-state index contributed by atoms with van der Waals surface area (Å²) >= 11 is 0. The molecule has 0 aromatic rings. The molecule has 0 bridgehead atoms. The lowest BCUT2D eigenvalue weighted by Gasteiger charge is -2.37. The standard InChI is InChI=1S/C14H26N2O4/c1-11(10-20-2)9-15-13(19)16-14(8-12(17)18)6-4-3-5-7-14/h11H,3-10H2,1-2H3,(H,17,18)(H2,15,16,19). The molecule has 0 aromatic carbocycles. The molecule has 0 aliphatic heterocycles. The van der Waals surface area contributed by atoms with Gasteiger partial charge in [-0.3, -0.25) is 4.79 Å². The van der Waals surface area contributed by atoms with Crippen LogP contribution in [0.3, 0.4) is 0 Å². The molecule has 116 valence electrons. The number of carbonyl (C=O) groups excluding carboxylic acids is 1. The van der Waals surface area contributed by atoms with Crippen LogP contribution in [0.5, 0.6) is 0 Å². The van der Waals surface area contributed by atoms with Crippen LogP contribution in [-0.2, 0) is 9.53 Å². The van der Waals surface area contributed by atoms with E-state index in [0.29, 0.717) is 13.2 Å². The monoisotopic (exact) mass is 286 g/mol. The Kier molecular flexibility index (Phi) is 6.78. The van der Waals surface area contributed by atoms with Crippen molar-refractivity contribution >= 4 is 12.0 Å². The minimum Gasteiger partial charge on any atom is -0.481 e. The fourth-order valence-electron chi connectivity index (χ4n) is 2.76. The molecule has 1 aliphatic rings. The molecule has 1 unspecified atom stereocenters. The average molecular weight is 286 g/mol. The second-order valence-corrected chi connectivity index (χ2v) is 5.81. The highest BCUT2D eigenvalue weighted by Crippen LogP contribution is 2.31. The van der Waals surface area contributed by atoms with E-state index in [4.69, 9.17) is 9.84 Å². The predicted octanol–water partition coefficient (Wildman–Crippen LogP) is 1.75. The lowest BCUT2D eigenvalue weighted by Crippen LogP contribution is -2.54. The molecular formula is C14H26N2O4. The molecule has 6 heteroatoms. The lowest BCUT2D eigenvalue weighted by atomic mass is 9.79. The number of rotatable bonds is 7. The number of carboxylic acid groups (broad SMARTS) is 1. The van der Waals surface area contributed by atoms with E-state index >= 15 is 0 Å². The molecule has 0 heterocycles. The number of amides is 2. The number of nitrogens with one attached hydrogen (secondary N) is 2. The van der Waals surface area contributed by atoms with E-state index in [1.165, 1.54) is 0 Å². The quantitative estimate of drug-likeness (QED) is 0.665. The Morgan fingerprint density at radius 2 is 1.95 bits per heavy atom. The summed E-state index contributed by atoms with van der Waals surface area (Å²) in [6.07, 6.45) is 4.51. The van der Waals surface area contributed by atoms with Gasteiger partial charge in [0, 0.05) is 13.7 Å². The first-order chi connectivity index (χ1) is 9.47. The van der Waals surface area contributed by atoms with Gasteiger partial charge >= 0.3 is 12.0 Å². The first kappa shape index (κ1) is 16.8. The zero-order chi connectivity index (χ0) is 15.0. The maximum Gasteiger partial charge on any atom is 0.315 e. The van der Waals surface area contributed by atoms with E-state index in [-0.39, 0.29) is 18.4 Å². The Hall–Kier alpha value is -1.30. The highest BCUT2D eigenvalue weighted by Gasteiger charge is 2.35. The normalized spacial score (nSPS) is 19.1. The van der Waals surface area contributed by atoms with Crippen molar-refractivity contribution in [2.75, 3.05) is 20.3 Å². The second kappa shape index (κ2) is 8.09. The summed E-state index contributed by atoms with van der Waals surface area (Å²) in [5, 5.41) is 14.7. The highest BCUT2D eigenvalue weighted by molar-refractivity contribution is 5.76. The molecule has 2 amide bonds. The van der Waals surface area contributed by atoms with Crippen LogP contribution in [0.4, 0.5) is 4.79 Å². The van der Waals surface area contributed by atoms with Crippen molar-refractivity contribution in [2.24, 2.45) is 5.92 Å². The second-order valence-electron chi connectivity index (χ2n) is 5.81. The van der Waals surface area contributed by atoms with Gasteiger partial charge in [0.05, 0.1) is 18.6 Å². The molecule has 1 aliphatic carbocycles. The molecule has 6 nitrogen and oxygen atoms in total.